The zero-order chi connectivity index (χ0) is 19.6. The first-order valence-electron chi connectivity index (χ1n) is 8.80. The number of nitro benzene ring substituents is 1. The van der Waals surface area contributed by atoms with Crippen molar-refractivity contribution in [2.75, 3.05) is 10.6 Å². The van der Waals surface area contributed by atoms with Gasteiger partial charge in [-0.1, -0.05) is 26.7 Å². The second-order valence-electron chi connectivity index (χ2n) is 6.45. The highest BCUT2D eigenvalue weighted by Gasteiger charge is 2.37. The van der Waals surface area contributed by atoms with Crippen molar-refractivity contribution in [2.45, 2.75) is 32.6 Å². The average molecular weight is 368 g/mol. The third-order valence-electron chi connectivity index (χ3n) is 4.95. The van der Waals surface area contributed by atoms with Crippen LogP contribution in [-0.4, -0.2) is 21.7 Å². The third kappa shape index (κ3) is 3.51. The van der Waals surface area contributed by atoms with Crippen molar-refractivity contribution in [1.29, 1.82) is 0 Å². The number of amides is 2. The van der Waals surface area contributed by atoms with Crippen molar-refractivity contribution >= 4 is 28.9 Å². The van der Waals surface area contributed by atoms with Crippen molar-refractivity contribution < 1.29 is 14.5 Å². The summed E-state index contributed by atoms with van der Waals surface area (Å²) in [7, 11) is 0. The number of nitro groups is 1. The van der Waals surface area contributed by atoms with E-state index in [0.717, 1.165) is 12.8 Å². The fourth-order valence-electron chi connectivity index (χ4n) is 3.50. The van der Waals surface area contributed by atoms with Crippen LogP contribution in [0.5, 0.6) is 0 Å². The number of hydrogen-bond donors (Lipinski definition) is 2. The van der Waals surface area contributed by atoms with Crippen LogP contribution in [0.4, 0.5) is 17.1 Å². The highest BCUT2D eigenvalue weighted by atomic mass is 16.6. The fraction of sp³-hybridized carbons (Fsp3) is 0.316. The predicted molar refractivity (Wildman–Crippen MR) is 101 cm³/mol. The van der Waals surface area contributed by atoms with E-state index in [1.54, 1.807) is 0 Å². The van der Waals surface area contributed by atoms with Crippen molar-refractivity contribution in [3.8, 4) is 0 Å². The van der Waals surface area contributed by atoms with Crippen LogP contribution in [0.25, 0.3) is 0 Å². The minimum Gasteiger partial charge on any atom is -0.325 e. The second kappa shape index (κ2) is 7.53. The molecule has 0 bridgehead atoms. The molecule has 2 N–H and O–H groups in total. The van der Waals surface area contributed by atoms with Gasteiger partial charge in [-0.3, -0.25) is 24.7 Å². The Kier molecular flexibility index (Phi) is 5.16. The van der Waals surface area contributed by atoms with Gasteiger partial charge < -0.3 is 10.6 Å². The highest BCUT2D eigenvalue weighted by molar-refractivity contribution is 6.08. The Hall–Kier alpha value is -3.29. The summed E-state index contributed by atoms with van der Waals surface area (Å²) in [5, 5.41) is 16.9. The van der Waals surface area contributed by atoms with Gasteiger partial charge in [-0.05, 0) is 29.7 Å². The van der Waals surface area contributed by atoms with Gasteiger partial charge in [0.1, 0.15) is 5.69 Å². The first-order chi connectivity index (χ1) is 13.0. The summed E-state index contributed by atoms with van der Waals surface area (Å²) < 4.78 is 0. The van der Waals surface area contributed by atoms with Crippen LogP contribution in [0.1, 0.15) is 48.5 Å². The van der Waals surface area contributed by atoms with E-state index in [0.29, 0.717) is 16.8 Å². The van der Waals surface area contributed by atoms with Crippen molar-refractivity contribution in [1.82, 2.24) is 4.98 Å². The molecule has 0 fully saturated rings. The molecule has 2 heterocycles. The molecule has 1 aliphatic heterocycles. The molecule has 1 aromatic carbocycles. The Morgan fingerprint density at radius 1 is 1.30 bits per heavy atom. The molecule has 1 aromatic heterocycles. The van der Waals surface area contributed by atoms with E-state index >= 15 is 0 Å². The number of hydrogen-bond acceptors (Lipinski definition) is 5. The molecule has 1 aliphatic rings. The molecular formula is C19H20N4O4. The topological polar surface area (TPSA) is 114 Å². The molecular weight excluding hydrogens is 348 g/mol. The van der Waals surface area contributed by atoms with Crippen LogP contribution >= 0.6 is 0 Å². The summed E-state index contributed by atoms with van der Waals surface area (Å²) in [4.78, 5) is 39.7. The van der Waals surface area contributed by atoms with E-state index < -0.39 is 16.7 Å². The Morgan fingerprint density at radius 3 is 2.56 bits per heavy atom. The number of carbonyl (C=O) groups is 2. The van der Waals surface area contributed by atoms with E-state index in [4.69, 9.17) is 0 Å². The molecule has 0 radical (unpaired) electrons. The average Bonchev–Trinajstić information content (AvgIpc) is 2.98. The van der Waals surface area contributed by atoms with Gasteiger partial charge in [0.2, 0.25) is 5.91 Å². The smallest absolute Gasteiger partial charge is 0.293 e. The van der Waals surface area contributed by atoms with Crippen LogP contribution in [0.3, 0.4) is 0 Å². The number of nitrogens with one attached hydrogen (secondary N) is 2. The summed E-state index contributed by atoms with van der Waals surface area (Å²) in [6.07, 6.45) is 4.52. The van der Waals surface area contributed by atoms with Crippen molar-refractivity contribution in [3.05, 3.63) is 57.9 Å². The quantitative estimate of drug-likeness (QED) is 0.596. The molecule has 8 heteroatoms. The third-order valence-corrected chi connectivity index (χ3v) is 4.95. The van der Waals surface area contributed by atoms with Crippen LogP contribution < -0.4 is 10.6 Å². The molecule has 8 nitrogen and oxygen atoms in total. The number of nitrogens with zero attached hydrogens (tertiary/aromatic N) is 2. The number of benzene rings is 1. The summed E-state index contributed by atoms with van der Waals surface area (Å²) >= 11 is 0. The molecule has 140 valence electrons. The highest BCUT2D eigenvalue weighted by Crippen LogP contribution is 2.44. The molecule has 27 heavy (non-hydrogen) atoms. The molecule has 1 unspecified atom stereocenters. The van der Waals surface area contributed by atoms with E-state index in [2.05, 4.69) is 15.6 Å². The summed E-state index contributed by atoms with van der Waals surface area (Å²) in [6.45, 7) is 3.99. The van der Waals surface area contributed by atoms with Gasteiger partial charge >= 0.3 is 0 Å². The van der Waals surface area contributed by atoms with Gasteiger partial charge in [0.15, 0.2) is 0 Å². The maximum absolute atomic E-state index is 12.5. The predicted octanol–water partition coefficient (Wildman–Crippen LogP) is 3.71. The van der Waals surface area contributed by atoms with Gasteiger partial charge in [0.25, 0.3) is 11.6 Å². The number of rotatable bonds is 6. The lowest BCUT2D eigenvalue weighted by atomic mass is 9.83. The molecule has 2 aromatic rings. The van der Waals surface area contributed by atoms with Crippen molar-refractivity contribution in [3.63, 3.8) is 0 Å². The molecule has 0 spiro atoms. The largest absolute Gasteiger partial charge is 0.325 e. The first kappa shape index (κ1) is 18.5. The number of aromatic nitrogens is 1. The van der Waals surface area contributed by atoms with E-state index in [-0.39, 0.29) is 23.2 Å². The Morgan fingerprint density at radius 2 is 1.96 bits per heavy atom. The number of anilines is 2. The van der Waals surface area contributed by atoms with Gasteiger partial charge in [-0.2, -0.15) is 0 Å². The summed E-state index contributed by atoms with van der Waals surface area (Å²) in [5.41, 5.74) is 1.27. The van der Waals surface area contributed by atoms with Crippen LogP contribution in [0.2, 0.25) is 0 Å². The number of pyridine rings is 1. The maximum atomic E-state index is 12.5. The number of carbonyl (C=O) groups excluding carboxylic acids is 2. The Balaban J connectivity index is 2.00. The fourth-order valence-corrected chi connectivity index (χ4v) is 3.50. The number of fused-ring (bicyclic) bond motifs is 1. The zero-order valence-corrected chi connectivity index (χ0v) is 15.1. The molecule has 3 rings (SSSR count). The molecule has 1 atom stereocenters. The van der Waals surface area contributed by atoms with Crippen LogP contribution in [-0.2, 0) is 4.79 Å². The SMILES string of the molecule is CCC(CC)C1C(=O)Nc2cc(NC(=O)c3ccncc3)c([N+](=O)[O-])cc21. The monoisotopic (exact) mass is 368 g/mol. The van der Waals surface area contributed by atoms with E-state index in [1.807, 2.05) is 13.8 Å². The lowest BCUT2D eigenvalue weighted by molar-refractivity contribution is -0.384. The van der Waals surface area contributed by atoms with Gasteiger partial charge in [-0.25, -0.2) is 0 Å². The minimum absolute atomic E-state index is 0.0473. The van der Waals surface area contributed by atoms with Gasteiger partial charge in [-0.15, -0.1) is 0 Å². The zero-order valence-electron chi connectivity index (χ0n) is 15.1. The molecule has 2 amide bonds. The van der Waals surface area contributed by atoms with E-state index in [1.165, 1.54) is 36.7 Å². The standard InChI is InChI=1S/C19H20N4O4/c1-3-11(4-2)17-13-9-16(23(26)27)15(10-14(13)21-19(17)25)22-18(24)12-5-7-20-8-6-12/h5-11,17H,3-4H2,1-2H3,(H,21,25)(H,22,24). The Labute approximate surface area is 156 Å². The summed E-state index contributed by atoms with van der Waals surface area (Å²) in [5.74, 6) is -0.964. The van der Waals surface area contributed by atoms with Crippen molar-refractivity contribution in [2.24, 2.45) is 5.92 Å². The van der Waals surface area contributed by atoms with Crippen LogP contribution in [0.15, 0.2) is 36.7 Å². The molecule has 0 saturated heterocycles. The van der Waals surface area contributed by atoms with Gasteiger partial charge in [0.05, 0.1) is 10.8 Å². The first-order valence-corrected chi connectivity index (χ1v) is 8.80. The minimum atomic E-state index is -0.546. The van der Waals surface area contributed by atoms with Gasteiger partial charge in [0, 0.05) is 29.7 Å². The van der Waals surface area contributed by atoms with E-state index in [9.17, 15) is 19.7 Å². The molecule has 0 aliphatic carbocycles. The lowest BCUT2D eigenvalue weighted by Gasteiger charge is -2.19. The Bertz CT molecular complexity index is 894. The molecule has 0 saturated carbocycles. The summed E-state index contributed by atoms with van der Waals surface area (Å²) in [6, 6.07) is 5.89. The lowest BCUT2D eigenvalue weighted by Crippen LogP contribution is -2.20. The maximum Gasteiger partial charge on any atom is 0.293 e. The second-order valence-corrected chi connectivity index (χ2v) is 6.45. The van der Waals surface area contributed by atoms with Crippen LogP contribution in [0, 0.1) is 16.0 Å². The normalized spacial score (nSPS) is 15.4.